The standard InChI is InChI=1S/C13H14N2OS/c1-9-2-3-12(5-11(9)6-14)15-7-10(8-17)4-13(15)16/h2-3,5,10,17H,4,7-8H2,1H3. The number of aryl methyl sites for hydroxylation is 1. The predicted molar refractivity (Wildman–Crippen MR) is 70.2 cm³/mol. The summed E-state index contributed by atoms with van der Waals surface area (Å²) in [5.41, 5.74) is 2.39. The topological polar surface area (TPSA) is 44.1 Å². The lowest BCUT2D eigenvalue weighted by atomic mass is 10.1. The van der Waals surface area contributed by atoms with Crippen molar-refractivity contribution in [3.05, 3.63) is 29.3 Å². The van der Waals surface area contributed by atoms with Gasteiger partial charge >= 0.3 is 0 Å². The predicted octanol–water partition coefficient (Wildman–Crippen LogP) is 2.15. The number of carbonyl (C=O) groups is 1. The minimum absolute atomic E-state index is 0.122. The molecule has 0 radical (unpaired) electrons. The lowest BCUT2D eigenvalue weighted by Crippen LogP contribution is -2.24. The number of nitrogens with zero attached hydrogens (tertiary/aromatic N) is 2. The summed E-state index contributed by atoms with van der Waals surface area (Å²) in [7, 11) is 0. The number of rotatable bonds is 2. The first-order valence-corrected chi connectivity index (χ1v) is 6.21. The Bertz CT molecular complexity index is 493. The van der Waals surface area contributed by atoms with Crippen LogP contribution in [0.25, 0.3) is 0 Å². The maximum Gasteiger partial charge on any atom is 0.227 e. The fourth-order valence-corrected chi connectivity index (χ4v) is 2.30. The van der Waals surface area contributed by atoms with Gasteiger partial charge in [0.25, 0.3) is 0 Å². The molecule has 2 rings (SSSR count). The normalized spacial score (nSPS) is 19.5. The second-order valence-corrected chi connectivity index (χ2v) is 4.73. The summed E-state index contributed by atoms with van der Waals surface area (Å²) in [6, 6.07) is 7.71. The van der Waals surface area contributed by atoms with Crippen LogP contribution < -0.4 is 4.90 Å². The Labute approximate surface area is 106 Å². The van der Waals surface area contributed by atoms with Crippen molar-refractivity contribution in [3.8, 4) is 6.07 Å². The molecule has 4 heteroatoms. The number of anilines is 1. The van der Waals surface area contributed by atoms with E-state index in [9.17, 15) is 4.79 Å². The number of carbonyl (C=O) groups excluding carboxylic acids is 1. The summed E-state index contributed by atoms with van der Waals surface area (Å²) in [6.07, 6.45) is 0.555. The van der Waals surface area contributed by atoms with Crippen LogP contribution >= 0.6 is 12.6 Å². The van der Waals surface area contributed by atoms with Crippen LogP contribution in [0.2, 0.25) is 0 Å². The highest BCUT2D eigenvalue weighted by Crippen LogP contribution is 2.27. The Morgan fingerprint density at radius 3 is 2.94 bits per heavy atom. The molecular weight excluding hydrogens is 232 g/mol. The van der Waals surface area contributed by atoms with E-state index in [1.54, 1.807) is 11.0 Å². The molecule has 1 unspecified atom stereocenters. The van der Waals surface area contributed by atoms with Crippen LogP contribution in [0.15, 0.2) is 18.2 Å². The van der Waals surface area contributed by atoms with Gasteiger partial charge in [0.1, 0.15) is 0 Å². The van der Waals surface area contributed by atoms with Gasteiger partial charge in [-0.05, 0) is 36.3 Å². The molecule has 1 amide bonds. The van der Waals surface area contributed by atoms with E-state index in [0.717, 1.165) is 17.0 Å². The lowest BCUT2D eigenvalue weighted by molar-refractivity contribution is -0.117. The Morgan fingerprint density at radius 1 is 1.59 bits per heavy atom. The number of thiol groups is 1. The molecule has 1 aliphatic rings. The Morgan fingerprint density at radius 2 is 2.35 bits per heavy atom. The third-order valence-electron chi connectivity index (χ3n) is 3.12. The molecule has 3 nitrogen and oxygen atoms in total. The van der Waals surface area contributed by atoms with Crippen molar-refractivity contribution >= 4 is 24.2 Å². The highest BCUT2D eigenvalue weighted by atomic mass is 32.1. The van der Waals surface area contributed by atoms with Crippen LogP contribution in [0.1, 0.15) is 17.5 Å². The third kappa shape index (κ3) is 2.29. The van der Waals surface area contributed by atoms with E-state index in [0.29, 0.717) is 24.4 Å². The zero-order valence-corrected chi connectivity index (χ0v) is 10.6. The molecule has 1 aromatic carbocycles. The SMILES string of the molecule is Cc1ccc(N2CC(CS)CC2=O)cc1C#N. The van der Waals surface area contributed by atoms with Gasteiger partial charge in [-0.2, -0.15) is 17.9 Å². The van der Waals surface area contributed by atoms with Crippen LogP contribution in [-0.2, 0) is 4.79 Å². The molecule has 1 saturated heterocycles. The fourth-order valence-electron chi connectivity index (χ4n) is 2.05. The molecule has 88 valence electrons. The third-order valence-corrected chi connectivity index (χ3v) is 3.63. The summed E-state index contributed by atoms with van der Waals surface area (Å²) in [5, 5.41) is 8.98. The van der Waals surface area contributed by atoms with Gasteiger partial charge in [0.2, 0.25) is 5.91 Å². The molecule has 0 saturated carbocycles. The van der Waals surface area contributed by atoms with Gasteiger partial charge in [-0.15, -0.1) is 0 Å². The van der Waals surface area contributed by atoms with Crippen molar-refractivity contribution in [3.63, 3.8) is 0 Å². The number of hydrogen-bond donors (Lipinski definition) is 1. The van der Waals surface area contributed by atoms with E-state index >= 15 is 0 Å². The van der Waals surface area contributed by atoms with Gasteiger partial charge < -0.3 is 4.90 Å². The molecule has 1 aliphatic heterocycles. The van der Waals surface area contributed by atoms with Crippen molar-refractivity contribution < 1.29 is 4.79 Å². The minimum atomic E-state index is 0.122. The summed E-state index contributed by atoms with van der Waals surface area (Å²) in [6.45, 7) is 2.60. The number of amides is 1. The van der Waals surface area contributed by atoms with Gasteiger partial charge in [-0.3, -0.25) is 4.79 Å². The minimum Gasteiger partial charge on any atom is -0.312 e. The molecule has 0 aliphatic carbocycles. The molecule has 0 bridgehead atoms. The summed E-state index contributed by atoms with van der Waals surface area (Å²) in [5.74, 6) is 1.16. The Hall–Kier alpha value is -1.47. The average molecular weight is 246 g/mol. The van der Waals surface area contributed by atoms with E-state index in [-0.39, 0.29) is 5.91 Å². The van der Waals surface area contributed by atoms with Crippen molar-refractivity contribution in [2.24, 2.45) is 5.92 Å². The highest BCUT2D eigenvalue weighted by molar-refractivity contribution is 7.80. The van der Waals surface area contributed by atoms with Gasteiger partial charge in [0.15, 0.2) is 0 Å². The van der Waals surface area contributed by atoms with E-state index in [1.165, 1.54) is 0 Å². The summed E-state index contributed by atoms with van der Waals surface area (Å²) >= 11 is 4.23. The first-order valence-electron chi connectivity index (χ1n) is 5.57. The highest BCUT2D eigenvalue weighted by Gasteiger charge is 2.29. The lowest BCUT2D eigenvalue weighted by Gasteiger charge is -2.17. The van der Waals surface area contributed by atoms with Crippen LogP contribution in [0.4, 0.5) is 5.69 Å². The molecular formula is C13H14N2OS. The van der Waals surface area contributed by atoms with Gasteiger partial charge in [0, 0.05) is 18.7 Å². The van der Waals surface area contributed by atoms with E-state index in [2.05, 4.69) is 18.7 Å². The molecule has 1 fully saturated rings. The molecule has 0 aromatic heterocycles. The van der Waals surface area contributed by atoms with E-state index in [1.807, 2.05) is 19.1 Å². The van der Waals surface area contributed by atoms with Crippen LogP contribution in [-0.4, -0.2) is 18.2 Å². The Kier molecular flexibility index (Phi) is 3.39. The quantitative estimate of drug-likeness (QED) is 0.813. The van der Waals surface area contributed by atoms with Crippen LogP contribution in [0, 0.1) is 24.2 Å². The summed E-state index contributed by atoms with van der Waals surface area (Å²) < 4.78 is 0. The van der Waals surface area contributed by atoms with E-state index < -0.39 is 0 Å². The first-order chi connectivity index (χ1) is 8.15. The second-order valence-electron chi connectivity index (χ2n) is 4.37. The molecule has 1 aromatic rings. The van der Waals surface area contributed by atoms with Crippen LogP contribution in [0.3, 0.4) is 0 Å². The fraction of sp³-hybridized carbons (Fsp3) is 0.385. The number of nitriles is 1. The van der Waals surface area contributed by atoms with Crippen molar-refractivity contribution in [1.82, 2.24) is 0 Å². The van der Waals surface area contributed by atoms with Gasteiger partial charge in [-0.1, -0.05) is 6.07 Å². The summed E-state index contributed by atoms with van der Waals surface area (Å²) in [4.78, 5) is 13.6. The zero-order valence-electron chi connectivity index (χ0n) is 9.68. The van der Waals surface area contributed by atoms with Crippen molar-refractivity contribution in [2.45, 2.75) is 13.3 Å². The molecule has 1 atom stereocenters. The first kappa shape index (κ1) is 12.0. The Balaban J connectivity index is 2.30. The molecule has 0 spiro atoms. The molecule has 1 heterocycles. The average Bonchev–Trinajstić information content (AvgIpc) is 2.71. The van der Waals surface area contributed by atoms with Crippen molar-refractivity contribution in [1.29, 1.82) is 5.26 Å². The van der Waals surface area contributed by atoms with Gasteiger partial charge in [-0.25, -0.2) is 0 Å². The maximum atomic E-state index is 11.8. The monoisotopic (exact) mass is 246 g/mol. The second kappa shape index (κ2) is 4.80. The smallest absolute Gasteiger partial charge is 0.227 e. The van der Waals surface area contributed by atoms with Crippen LogP contribution in [0.5, 0.6) is 0 Å². The van der Waals surface area contributed by atoms with E-state index in [4.69, 9.17) is 5.26 Å². The number of benzene rings is 1. The molecule has 0 N–H and O–H groups in total. The van der Waals surface area contributed by atoms with Crippen molar-refractivity contribution in [2.75, 3.05) is 17.2 Å². The number of hydrogen-bond acceptors (Lipinski definition) is 3. The largest absolute Gasteiger partial charge is 0.312 e. The zero-order chi connectivity index (χ0) is 12.4. The molecule has 17 heavy (non-hydrogen) atoms. The van der Waals surface area contributed by atoms with Gasteiger partial charge in [0.05, 0.1) is 11.6 Å². The maximum absolute atomic E-state index is 11.8.